The van der Waals surface area contributed by atoms with E-state index in [-0.39, 0.29) is 18.2 Å². The largest absolute Gasteiger partial charge is 0.450 e. The summed E-state index contributed by atoms with van der Waals surface area (Å²) in [6.07, 6.45) is 0.805. The lowest BCUT2D eigenvalue weighted by Gasteiger charge is -2.06. The predicted octanol–water partition coefficient (Wildman–Crippen LogP) is 2.36. The second-order valence-electron chi connectivity index (χ2n) is 5.85. The van der Waals surface area contributed by atoms with Crippen molar-refractivity contribution in [2.24, 2.45) is 0 Å². The second-order valence-corrected chi connectivity index (χ2v) is 6.88. The topological polar surface area (TPSA) is 111 Å². The molecule has 0 unspecified atom stereocenters. The van der Waals surface area contributed by atoms with Gasteiger partial charge in [-0.05, 0) is 30.7 Å². The summed E-state index contributed by atoms with van der Waals surface area (Å²) in [5.41, 5.74) is 0.850. The van der Waals surface area contributed by atoms with Gasteiger partial charge in [-0.3, -0.25) is 9.59 Å². The highest BCUT2D eigenvalue weighted by atomic mass is 32.1. The third kappa shape index (κ3) is 4.95. The van der Waals surface area contributed by atoms with Crippen LogP contribution in [0.1, 0.15) is 23.9 Å². The molecule has 2 heterocycles. The molecule has 0 aliphatic heterocycles. The molecule has 2 N–H and O–H groups in total. The van der Waals surface area contributed by atoms with Crippen molar-refractivity contribution in [3.63, 3.8) is 0 Å². The monoisotopic (exact) mass is 401 g/mol. The number of carbonyl (C=O) groups is 3. The van der Waals surface area contributed by atoms with Gasteiger partial charge in [0.15, 0.2) is 17.4 Å². The first-order valence-electron chi connectivity index (χ1n) is 8.73. The third-order valence-electron chi connectivity index (χ3n) is 3.66. The fourth-order valence-electron chi connectivity index (χ4n) is 2.30. The van der Waals surface area contributed by atoms with Crippen LogP contribution in [0.25, 0.3) is 21.0 Å². The van der Waals surface area contributed by atoms with Crippen LogP contribution < -0.4 is 10.6 Å². The summed E-state index contributed by atoms with van der Waals surface area (Å²) in [5.74, 6) is -1.21. The standard InChI is InChI=1S/C19H19N3O5S/c1-2-9-20-16(23)10-21-17(24)11-26-19(25)14-8-7-13(27-14)18-22-12-5-3-4-6-15(12)28-18/h3-8H,2,9-11H2,1H3,(H,20,23)(H,21,24). The van der Waals surface area contributed by atoms with Crippen molar-refractivity contribution >= 4 is 39.3 Å². The fraction of sp³-hybridized carbons (Fsp3) is 0.263. The minimum atomic E-state index is -0.766. The lowest BCUT2D eigenvalue weighted by molar-refractivity contribution is -0.127. The molecule has 0 aliphatic rings. The molecule has 2 amide bonds. The van der Waals surface area contributed by atoms with E-state index in [4.69, 9.17) is 9.15 Å². The van der Waals surface area contributed by atoms with Gasteiger partial charge in [-0.2, -0.15) is 0 Å². The van der Waals surface area contributed by atoms with Crippen molar-refractivity contribution in [3.8, 4) is 10.8 Å². The summed E-state index contributed by atoms with van der Waals surface area (Å²) in [4.78, 5) is 39.6. The number of nitrogens with zero attached hydrogens (tertiary/aromatic N) is 1. The highest BCUT2D eigenvalue weighted by Crippen LogP contribution is 2.31. The molecule has 0 saturated heterocycles. The predicted molar refractivity (Wildman–Crippen MR) is 104 cm³/mol. The maximum Gasteiger partial charge on any atom is 0.374 e. The van der Waals surface area contributed by atoms with Crippen LogP contribution in [0.5, 0.6) is 0 Å². The van der Waals surface area contributed by atoms with E-state index in [9.17, 15) is 14.4 Å². The van der Waals surface area contributed by atoms with Gasteiger partial charge in [0.05, 0.1) is 16.8 Å². The highest BCUT2D eigenvalue weighted by molar-refractivity contribution is 7.21. The molecule has 0 aliphatic carbocycles. The van der Waals surface area contributed by atoms with Crippen LogP contribution in [0.3, 0.4) is 0 Å². The van der Waals surface area contributed by atoms with E-state index >= 15 is 0 Å². The normalized spacial score (nSPS) is 10.6. The number of esters is 1. The minimum absolute atomic E-state index is 0.0252. The van der Waals surface area contributed by atoms with Crippen molar-refractivity contribution in [2.75, 3.05) is 19.7 Å². The number of carbonyl (C=O) groups excluding carboxylic acids is 3. The number of rotatable bonds is 8. The van der Waals surface area contributed by atoms with Gasteiger partial charge in [0, 0.05) is 6.54 Å². The summed E-state index contributed by atoms with van der Waals surface area (Å²) in [7, 11) is 0. The zero-order chi connectivity index (χ0) is 19.9. The Balaban J connectivity index is 1.51. The molecule has 3 rings (SSSR count). The van der Waals surface area contributed by atoms with Crippen LogP contribution in [0, 0.1) is 0 Å². The molecule has 0 saturated carbocycles. The quantitative estimate of drug-likeness (QED) is 0.561. The number of hydrogen-bond acceptors (Lipinski definition) is 7. The van der Waals surface area contributed by atoms with Crippen molar-refractivity contribution in [1.82, 2.24) is 15.6 Å². The number of aromatic nitrogens is 1. The number of para-hydroxylation sites is 1. The molecule has 9 heteroatoms. The van der Waals surface area contributed by atoms with E-state index in [1.54, 1.807) is 6.07 Å². The molecular weight excluding hydrogens is 382 g/mol. The van der Waals surface area contributed by atoms with Gasteiger partial charge < -0.3 is 19.8 Å². The molecule has 146 valence electrons. The molecule has 0 bridgehead atoms. The third-order valence-corrected chi connectivity index (χ3v) is 4.72. The van der Waals surface area contributed by atoms with E-state index < -0.39 is 18.5 Å². The van der Waals surface area contributed by atoms with Crippen molar-refractivity contribution in [3.05, 3.63) is 42.2 Å². The number of benzene rings is 1. The van der Waals surface area contributed by atoms with Crippen LogP contribution in [-0.4, -0.2) is 42.5 Å². The van der Waals surface area contributed by atoms with E-state index in [1.165, 1.54) is 17.4 Å². The second kappa shape index (κ2) is 9.14. The fourth-order valence-corrected chi connectivity index (χ4v) is 3.23. The van der Waals surface area contributed by atoms with Crippen LogP contribution in [-0.2, 0) is 14.3 Å². The summed E-state index contributed by atoms with van der Waals surface area (Å²) in [6.45, 7) is 1.80. The zero-order valence-electron chi connectivity index (χ0n) is 15.2. The van der Waals surface area contributed by atoms with Crippen LogP contribution >= 0.6 is 11.3 Å². The van der Waals surface area contributed by atoms with Gasteiger partial charge in [0.1, 0.15) is 0 Å². The van der Waals surface area contributed by atoms with Gasteiger partial charge in [-0.1, -0.05) is 19.1 Å². The molecule has 0 spiro atoms. The van der Waals surface area contributed by atoms with Crippen molar-refractivity contribution in [2.45, 2.75) is 13.3 Å². The van der Waals surface area contributed by atoms with Gasteiger partial charge in [-0.15, -0.1) is 11.3 Å². The molecule has 2 aromatic heterocycles. The number of furan rings is 1. The van der Waals surface area contributed by atoms with Crippen LogP contribution in [0.2, 0.25) is 0 Å². The van der Waals surface area contributed by atoms with E-state index in [1.807, 2.05) is 31.2 Å². The Labute approximate surface area is 164 Å². The number of nitrogens with one attached hydrogen (secondary N) is 2. The smallest absolute Gasteiger partial charge is 0.374 e. The Morgan fingerprint density at radius 1 is 1.11 bits per heavy atom. The van der Waals surface area contributed by atoms with Crippen molar-refractivity contribution < 1.29 is 23.5 Å². The summed E-state index contributed by atoms with van der Waals surface area (Å²) >= 11 is 1.45. The summed E-state index contributed by atoms with van der Waals surface area (Å²) in [5, 5.41) is 5.65. The van der Waals surface area contributed by atoms with Gasteiger partial charge in [0.25, 0.3) is 5.91 Å². The average molecular weight is 401 g/mol. The lowest BCUT2D eigenvalue weighted by atomic mass is 10.3. The van der Waals surface area contributed by atoms with Crippen LogP contribution in [0.4, 0.5) is 0 Å². The molecule has 8 nitrogen and oxygen atoms in total. The molecule has 28 heavy (non-hydrogen) atoms. The SMILES string of the molecule is CCCNC(=O)CNC(=O)COC(=O)c1ccc(-c2nc3ccccc3s2)o1. The lowest BCUT2D eigenvalue weighted by Crippen LogP contribution is -2.38. The van der Waals surface area contributed by atoms with Crippen LogP contribution in [0.15, 0.2) is 40.8 Å². The summed E-state index contributed by atoms with van der Waals surface area (Å²) < 4.78 is 11.4. The summed E-state index contributed by atoms with van der Waals surface area (Å²) in [6, 6.07) is 10.8. The Hall–Kier alpha value is -3.20. The molecule has 1 aromatic carbocycles. The first-order valence-corrected chi connectivity index (χ1v) is 9.54. The number of fused-ring (bicyclic) bond motifs is 1. The average Bonchev–Trinajstić information content (AvgIpc) is 3.35. The highest BCUT2D eigenvalue weighted by Gasteiger charge is 2.17. The number of thiazole rings is 1. The number of amides is 2. The first-order chi connectivity index (χ1) is 13.6. The Bertz CT molecular complexity index is 961. The molecular formula is C19H19N3O5S. The van der Waals surface area contributed by atoms with E-state index in [2.05, 4.69) is 15.6 Å². The molecule has 3 aromatic rings. The minimum Gasteiger partial charge on any atom is -0.450 e. The number of hydrogen-bond donors (Lipinski definition) is 2. The first kappa shape index (κ1) is 19.6. The van der Waals surface area contributed by atoms with Crippen molar-refractivity contribution in [1.29, 1.82) is 0 Å². The molecule has 0 atom stereocenters. The Morgan fingerprint density at radius 2 is 1.93 bits per heavy atom. The van der Waals surface area contributed by atoms with Gasteiger partial charge in [-0.25, -0.2) is 9.78 Å². The van der Waals surface area contributed by atoms with Gasteiger partial charge >= 0.3 is 5.97 Å². The Kier molecular flexibility index (Phi) is 6.38. The number of ether oxygens (including phenoxy) is 1. The Morgan fingerprint density at radius 3 is 2.71 bits per heavy atom. The van der Waals surface area contributed by atoms with Gasteiger partial charge in [0.2, 0.25) is 11.7 Å². The van der Waals surface area contributed by atoms with E-state index in [0.717, 1.165) is 16.6 Å². The maximum atomic E-state index is 12.1. The van der Waals surface area contributed by atoms with E-state index in [0.29, 0.717) is 17.3 Å². The molecule has 0 fully saturated rings. The molecule has 0 radical (unpaired) electrons. The maximum absolute atomic E-state index is 12.1. The zero-order valence-corrected chi connectivity index (χ0v) is 16.0.